The van der Waals surface area contributed by atoms with E-state index in [9.17, 15) is 18.0 Å². The summed E-state index contributed by atoms with van der Waals surface area (Å²) in [5.74, 6) is -1.18. The van der Waals surface area contributed by atoms with E-state index in [4.69, 9.17) is 9.72 Å². The van der Waals surface area contributed by atoms with Gasteiger partial charge in [-0.1, -0.05) is 25.1 Å². The number of esters is 1. The largest absolute Gasteiger partial charge is 0.452 e. The molecule has 0 bridgehead atoms. The molecule has 0 saturated carbocycles. The summed E-state index contributed by atoms with van der Waals surface area (Å²) >= 11 is 0. The number of aromatic nitrogens is 3. The maximum atomic E-state index is 13.3. The highest BCUT2D eigenvalue weighted by molar-refractivity contribution is 7.92. The molecule has 5 rings (SSSR count). The fraction of sp³-hybridized carbons (Fsp3) is 0.250. The smallest absolute Gasteiger partial charge is 0.339 e. The first-order chi connectivity index (χ1) is 19.2. The molecule has 0 aliphatic carbocycles. The quantitative estimate of drug-likeness (QED) is 0.310. The second-order valence-electron chi connectivity index (χ2n) is 9.32. The number of sulfonamides is 1. The Morgan fingerprint density at radius 3 is 2.58 bits per heavy atom. The van der Waals surface area contributed by atoms with Crippen LogP contribution in [0.4, 0.5) is 11.6 Å². The number of carbonyl (C=O) groups excluding carboxylic acids is 2. The van der Waals surface area contributed by atoms with Crippen molar-refractivity contribution < 1.29 is 22.7 Å². The molecule has 11 nitrogen and oxygen atoms in total. The fourth-order valence-corrected chi connectivity index (χ4v) is 5.50. The van der Waals surface area contributed by atoms with Gasteiger partial charge in [-0.25, -0.2) is 27.9 Å². The molecule has 0 saturated heterocycles. The van der Waals surface area contributed by atoms with E-state index >= 15 is 0 Å². The van der Waals surface area contributed by atoms with Gasteiger partial charge in [0.25, 0.3) is 15.9 Å². The van der Waals surface area contributed by atoms with Gasteiger partial charge in [0.05, 0.1) is 16.0 Å². The summed E-state index contributed by atoms with van der Waals surface area (Å²) in [4.78, 5) is 40.8. The lowest BCUT2D eigenvalue weighted by atomic mass is 9.96. The summed E-state index contributed by atoms with van der Waals surface area (Å²) in [5.41, 5.74) is 3.81. The zero-order valence-corrected chi connectivity index (χ0v) is 22.9. The first-order valence-corrected chi connectivity index (χ1v) is 14.2. The third-order valence-corrected chi connectivity index (χ3v) is 7.92. The van der Waals surface area contributed by atoms with Gasteiger partial charge in [-0.2, -0.15) is 0 Å². The molecule has 2 N–H and O–H groups in total. The molecule has 1 aliphatic heterocycles. The molecule has 2 aromatic carbocycles. The van der Waals surface area contributed by atoms with Crippen LogP contribution in [-0.4, -0.2) is 59.8 Å². The number of hydrogen-bond acceptors (Lipinski definition) is 9. The van der Waals surface area contributed by atoms with Crippen molar-refractivity contribution in [1.29, 1.82) is 0 Å². The minimum absolute atomic E-state index is 0.0301. The number of amides is 1. The van der Waals surface area contributed by atoms with Crippen molar-refractivity contribution in [3.05, 3.63) is 83.3 Å². The maximum Gasteiger partial charge on any atom is 0.339 e. The summed E-state index contributed by atoms with van der Waals surface area (Å²) in [6.07, 6.45) is 2.19. The van der Waals surface area contributed by atoms with Crippen molar-refractivity contribution in [3.8, 4) is 0 Å². The molecule has 0 radical (unpaired) electrons. The van der Waals surface area contributed by atoms with Crippen LogP contribution in [0.2, 0.25) is 0 Å². The van der Waals surface area contributed by atoms with Crippen LogP contribution in [0, 0.1) is 6.92 Å². The van der Waals surface area contributed by atoms with Gasteiger partial charge in [-0.05, 0) is 49.9 Å². The highest BCUT2D eigenvalue weighted by Crippen LogP contribution is 2.29. The number of ether oxygens (including phenoxy) is 1. The third kappa shape index (κ3) is 5.92. The molecular formula is C28H28N6O5S. The molecule has 206 valence electrons. The van der Waals surface area contributed by atoms with E-state index < -0.39 is 28.5 Å². The topological polar surface area (TPSA) is 143 Å². The van der Waals surface area contributed by atoms with Crippen molar-refractivity contribution in [3.63, 3.8) is 0 Å². The number of fused-ring (bicyclic) bond motifs is 2. The van der Waals surface area contributed by atoms with Gasteiger partial charge >= 0.3 is 5.97 Å². The SMILES string of the molecule is CCN1CCc2nc3ccccc3c(C(=O)OCC(=O)Nc3ccc(S(=O)(=O)Nc4nccc(C)n4)cc3)c2C1. The number of anilines is 2. The van der Waals surface area contributed by atoms with E-state index in [1.54, 1.807) is 13.0 Å². The first kappa shape index (κ1) is 27.2. The van der Waals surface area contributed by atoms with Crippen LogP contribution >= 0.6 is 0 Å². The van der Waals surface area contributed by atoms with E-state index in [-0.39, 0.29) is 10.8 Å². The Balaban J connectivity index is 1.25. The number of hydrogen-bond donors (Lipinski definition) is 2. The van der Waals surface area contributed by atoms with Crippen LogP contribution in [0.5, 0.6) is 0 Å². The zero-order valence-electron chi connectivity index (χ0n) is 22.0. The monoisotopic (exact) mass is 560 g/mol. The van der Waals surface area contributed by atoms with Crippen LogP contribution in [0.3, 0.4) is 0 Å². The van der Waals surface area contributed by atoms with Crippen molar-refractivity contribution in [2.24, 2.45) is 0 Å². The summed E-state index contributed by atoms with van der Waals surface area (Å²) in [6, 6.07) is 14.6. The highest BCUT2D eigenvalue weighted by Gasteiger charge is 2.26. The van der Waals surface area contributed by atoms with Gasteiger partial charge in [-0.3, -0.25) is 14.7 Å². The number of para-hydroxylation sites is 1. The molecule has 4 aromatic rings. The molecule has 0 unspecified atom stereocenters. The predicted molar refractivity (Wildman–Crippen MR) is 149 cm³/mol. The number of rotatable bonds is 8. The molecule has 0 fully saturated rings. The van der Waals surface area contributed by atoms with Gasteiger partial charge < -0.3 is 10.1 Å². The summed E-state index contributed by atoms with van der Waals surface area (Å²) in [6.45, 7) is 5.58. The van der Waals surface area contributed by atoms with Crippen LogP contribution in [0.1, 0.15) is 34.2 Å². The lowest BCUT2D eigenvalue weighted by molar-refractivity contribution is -0.119. The highest BCUT2D eigenvalue weighted by atomic mass is 32.2. The average molecular weight is 561 g/mol. The molecule has 1 amide bonds. The predicted octanol–water partition coefficient (Wildman–Crippen LogP) is 3.31. The second kappa shape index (κ2) is 11.4. The number of nitrogens with zero attached hydrogens (tertiary/aromatic N) is 4. The van der Waals surface area contributed by atoms with E-state index in [1.807, 2.05) is 24.3 Å². The average Bonchev–Trinajstić information content (AvgIpc) is 2.94. The third-order valence-electron chi connectivity index (χ3n) is 6.58. The standard InChI is InChI=1S/C28H28N6O5S/c1-3-34-15-13-24-22(16-34)26(21-6-4-5-7-23(21)32-24)27(36)39-17-25(35)31-19-8-10-20(11-9-19)40(37,38)33-28-29-14-12-18(2)30-28/h4-12,14H,3,13,15-17H2,1-2H3,(H,31,35)(H,29,30,33). The van der Waals surface area contributed by atoms with Gasteiger partial charge in [0.15, 0.2) is 6.61 Å². The zero-order chi connectivity index (χ0) is 28.3. The number of aryl methyl sites for hydroxylation is 1. The van der Waals surface area contributed by atoms with Crippen LogP contribution < -0.4 is 10.0 Å². The van der Waals surface area contributed by atoms with Gasteiger partial charge in [-0.15, -0.1) is 0 Å². The minimum atomic E-state index is -3.92. The van der Waals surface area contributed by atoms with Crippen LogP contribution in [-0.2, 0) is 32.5 Å². The Hall–Kier alpha value is -4.42. The first-order valence-electron chi connectivity index (χ1n) is 12.8. The van der Waals surface area contributed by atoms with E-state index in [1.165, 1.54) is 30.5 Å². The maximum absolute atomic E-state index is 13.3. The Bertz CT molecular complexity index is 1690. The van der Waals surface area contributed by atoms with Gasteiger partial charge in [0.2, 0.25) is 5.95 Å². The number of pyridine rings is 1. The molecule has 0 spiro atoms. The molecule has 12 heteroatoms. The molecule has 0 atom stereocenters. The number of likely N-dealkylation sites (N-methyl/N-ethyl adjacent to an activating group) is 1. The van der Waals surface area contributed by atoms with E-state index in [0.717, 1.165) is 30.8 Å². The molecular weight excluding hydrogens is 532 g/mol. The Morgan fingerprint density at radius 2 is 1.82 bits per heavy atom. The summed E-state index contributed by atoms with van der Waals surface area (Å²) < 4.78 is 33.1. The number of benzene rings is 2. The van der Waals surface area contributed by atoms with Crippen LogP contribution in [0.25, 0.3) is 10.9 Å². The molecule has 40 heavy (non-hydrogen) atoms. The van der Waals surface area contributed by atoms with Crippen molar-refractivity contribution in [2.75, 3.05) is 29.7 Å². The summed E-state index contributed by atoms with van der Waals surface area (Å²) in [5, 5.41) is 3.31. The Morgan fingerprint density at radius 1 is 1.05 bits per heavy atom. The van der Waals surface area contributed by atoms with E-state index in [0.29, 0.717) is 34.4 Å². The lowest BCUT2D eigenvalue weighted by Crippen LogP contribution is -2.32. The van der Waals surface area contributed by atoms with Gasteiger partial charge in [0.1, 0.15) is 0 Å². The van der Waals surface area contributed by atoms with Crippen LogP contribution in [0.15, 0.2) is 65.7 Å². The number of nitrogens with one attached hydrogen (secondary N) is 2. The molecule has 1 aliphatic rings. The molecule has 2 aromatic heterocycles. The fourth-order valence-electron chi connectivity index (χ4n) is 4.54. The Kier molecular flexibility index (Phi) is 7.71. The summed E-state index contributed by atoms with van der Waals surface area (Å²) in [7, 11) is -3.92. The van der Waals surface area contributed by atoms with Crippen molar-refractivity contribution in [1.82, 2.24) is 19.9 Å². The van der Waals surface area contributed by atoms with E-state index in [2.05, 4.69) is 31.8 Å². The number of carbonyl (C=O) groups is 2. The second-order valence-corrected chi connectivity index (χ2v) is 11.0. The minimum Gasteiger partial charge on any atom is -0.452 e. The Labute approximate surface area is 231 Å². The van der Waals surface area contributed by atoms with Crippen molar-refractivity contribution in [2.45, 2.75) is 31.7 Å². The van der Waals surface area contributed by atoms with Gasteiger partial charge in [0, 0.05) is 53.7 Å². The normalized spacial score (nSPS) is 13.4. The lowest BCUT2D eigenvalue weighted by Gasteiger charge is -2.28. The van der Waals surface area contributed by atoms with Crippen molar-refractivity contribution >= 4 is 44.4 Å². The molecule has 3 heterocycles.